The lowest BCUT2D eigenvalue weighted by molar-refractivity contribution is -0.127. The fourth-order valence-corrected chi connectivity index (χ4v) is 2.09. The lowest BCUT2D eigenvalue weighted by atomic mass is 10.3. The fourth-order valence-electron chi connectivity index (χ4n) is 1.49. The first kappa shape index (κ1) is 16.2. The van der Waals surface area contributed by atoms with E-state index in [1.165, 1.54) is 12.1 Å². The van der Waals surface area contributed by atoms with Crippen LogP contribution < -0.4 is 15.4 Å². The molecule has 1 aliphatic carbocycles. The number of ether oxygens (including phenoxy) is 1. The molecule has 0 spiro atoms. The minimum atomic E-state index is -0.428. The van der Waals surface area contributed by atoms with Crippen LogP contribution >= 0.6 is 34.8 Å². The van der Waals surface area contributed by atoms with Crippen molar-refractivity contribution in [2.24, 2.45) is 0 Å². The SMILES string of the molecule is O=C(COc1cc(Cl)c(Cl)cc1Cl)NCC(=O)NC1CC1. The van der Waals surface area contributed by atoms with Gasteiger partial charge in [0.15, 0.2) is 6.61 Å². The minimum Gasteiger partial charge on any atom is -0.482 e. The van der Waals surface area contributed by atoms with Crippen molar-refractivity contribution < 1.29 is 14.3 Å². The van der Waals surface area contributed by atoms with Gasteiger partial charge >= 0.3 is 0 Å². The molecule has 1 aliphatic rings. The van der Waals surface area contributed by atoms with Gasteiger partial charge in [0.25, 0.3) is 5.91 Å². The molecule has 5 nitrogen and oxygen atoms in total. The zero-order valence-corrected chi connectivity index (χ0v) is 13.2. The quantitative estimate of drug-likeness (QED) is 0.774. The molecular weight excluding hydrogens is 339 g/mol. The summed E-state index contributed by atoms with van der Waals surface area (Å²) in [6.45, 7) is -0.345. The van der Waals surface area contributed by atoms with Crippen molar-refractivity contribution in [3.8, 4) is 5.75 Å². The van der Waals surface area contributed by atoms with E-state index in [9.17, 15) is 9.59 Å². The van der Waals surface area contributed by atoms with Gasteiger partial charge in [0.1, 0.15) is 5.75 Å². The van der Waals surface area contributed by atoms with Crippen LogP contribution in [0.5, 0.6) is 5.75 Å². The van der Waals surface area contributed by atoms with E-state index in [4.69, 9.17) is 39.5 Å². The molecule has 1 fully saturated rings. The number of nitrogens with one attached hydrogen (secondary N) is 2. The number of hydrogen-bond donors (Lipinski definition) is 2. The third-order valence-electron chi connectivity index (χ3n) is 2.72. The summed E-state index contributed by atoms with van der Waals surface area (Å²) in [5.41, 5.74) is 0. The Labute approximate surface area is 136 Å². The Kier molecular flexibility index (Phi) is 5.56. The van der Waals surface area contributed by atoms with Crippen LogP contribution in [0.15, 0.2) is 12.1 Å². The van der Waals surface area contributed by atoms with Gasteiger partial charge in [-0.05, 0) is 18.9 Å². The number of carbonyl (C=O) groups excluding carboxylic acids is 2. The second-order valence-corrected chi connectivity index (χ2v) is 5.83. The van der Waals surface area contributed by atoms with Gasteiger partial charge in [-0.2, -0.15) is 0 Å². The second-order valence-electron chi connectivity index (χ2n) is 4.60. The Bertz CT molecular complexity index is 562. The molecule has 0 bridgehead atoms. The third kappa shape index (κ3) is 5.26. The van der Waals surface area contributed by atoms with Crippen LogP contribution in [0.25, 0.3) is 0 Å². The van der Waals surface area contributed by atoms with Gasteiger partial charge in [0, 0.05) is 12.1 Å². The number of amides is 2. The van der Waals surface area contributed by atoms with Crippen molar-refractivity contribution >= 4 is 46.6 Å². The molecule has 0 heterocycles. The molecule has 1 saturated carbocycles. The van der Waals surface area contributed by atoms with E-state index in [1.54, 1.807) is 0 Å². The maximum Gasteiger partial charge on any atom is 0.258 e. The number of benzene rings is 1. The van der Waals surface area contributed by atoms with E-state index in [0.717, 1.165) is 12.8 Å². The van der Waals surface area contributed by atoms with Gasteiger partial charge in [-0.15, -0.1) is 0 Å². The van der Waals surface area contributed by atoms with E-state index in [2.05, 4.69) is 10.6 Å². The number of hydrogen-bond acceptors (Lipinski definition) is 3. The van der Waals surface area contributed by atoms with Gasteiger partial charge < -0.3 is 15.4 Å². The Morgan fingerprint density at radius 1 is 1.10 bits per heavy atom. The molecule has 0 saturated heterocycles. The fraction of sp³-hybridized carbons (Fsp3) is 0.385. The summed E-state index contributed by atoms with van der Waals surface area (Å²) in [5, 5.41) is 6.04. The Hall–Kier alpha value is -1.17. The van der Waals surface area contributed by atoms with Crippen LogP contribution in [-0.2, 0) is 9.59 Å². The Morgan fingerprint density at radius 2 is 1.76 bits per heavy atom. The first-order chi connectivity index (χ1) is 9.95. The molecule has 2 N–H and O–H groups in total. The van der Waals surface area contributed by atoms with Crippen molar-refractivity contribution in [3.63, 3.8) is 0 Å². The summed E-state index contributed by atoms with van der Waals surface area (Å²) in [7, 11) is 0. The smallest absolute Gasteiger partial charge is 0.258 e. The highest BCUT2D eigenvalue weighted by Gasteiger charge is 2.23. The van der Waals surface area contributed by atoms with Crippen LogP contribution in [0.2, 0.25) is 15.1 Å². The molecule has 2 rings (SSSR count). The average Bonchev–Trinajstić information content (AvgIpc) is 3.23. The lowest BCUT2D eigenvalue weighted by Crippen LogP contribution is -2.39. The molecule has 0 atom stereocenters. The highest BCUT2D eigenvalue weighted by molar-refractivity contribution is 6.43. The first-order valence-corrected chi connectivity index (χ1v) is 7.42. The van der Waals surface area contributed by atoms with Gasteiger partial charge in [-0.25, -0.2) is 0 Å². The summed E-state index contributed by atoms with van der Waals surface area (Å²) in [4.78, 5) is 23.0. The second kappa shape index (κ2) is 7.20. The molecule has 0 aromatic heterocycles. The Morgan fingerprint density at radius 3 is 2.43 bits per heavy atom. The van der Waals surface area contributed by atoms with Crippen molar-refractivity contribution in [2.75, 3.05) is 13.2 Å². The topological polar surface area (TPSA) is 67.4 Å². The average molecular weight is 352 g/mol. The van der Waals surface area contributed by atoms with Crippen molar-refractivity contribution in [1.82, 2.24) is 10.6 Å². The normalized spacial score (nSPS) is 13.7. The van der Waals surface area contributed by atoms with Crippen LogP contribution in [0.1, 0.15) is 12.8 Å². The predicted molar refractivity (Wildman–Crippen MR) is 81.1 cm³/mol. The maximum atomic E-state index is 11.6. The van der Waals surface area contributed by atoms with Crippen molar-refractivity contribution in [3.05, 3.63) is 27.2 Å². The molecule has 0 unspecified atom stereocenters. The van der Waals surface area contributed by atoms with E-state index in [-0.39, 0.29) is 40.9 Å². The molecule has 1 aromatic carbocycles. The number of halogens is 3. The summed E-state index contributed by atoms with van der Waals surface area (Å²) < 4.78 is 5.24. The summed E-state index contributed by atoms with van der Waals surface area (Å²) >= 11 is 17.5. The molecule has 2 amide bonds. The van der Waals surface area contributed by atoms with Crippen LogP contribution in [0, 0.1) is 0 Å². The van der Waals surface area contributed by atoms with E-state index in [1.807, 2.05) is 0 Å². The Balaban J connectivity index is 1.75. The third-order valence-corrected chi connectivity index (χ3v) is 3.74. The maximum absolute atomic E-state index is 11.6. The van der Waals surface area contributed by atoms with Gasteiger partial charge in [-0.1, -0.05) is 34.8 Å². The summed E-state index contributed by atoms with van der Waals surface area (Å²) in [6, 6.07) is 3.13. The van der Waals surface area contributed by atoms with E-state index < -0.39 is 5.91 Å². The highest BCUT2D eigenvalue weighted by atomic mass is 35.5. The van der Waals surface area contributed by atoms with Crippen LogP contribution in [-0.4, -0.2) is 31.0 Å². The first-order valence-electron chi connectivity index (χ1n) is 6.29. The number of rotatable bonds is 6. The summed E-state index contributed by atoms with van der Waals surface area (Å²) in [5.74, 6) is -0.384. The predicted octanol–water partition coefficient (Wildman–Crippen LogP) is 2.42. The van der Waals surface area contributed by atoms with Gasteiger partial charge in [0.2, 0.25) is 5.91 Å². The molecule has 1 aromatic rings. The van der Waals surface area contributed by atoms with Crippen LogP contribution in [0.3, 0.4) is 0 Å². The summed E-state index contributed by atoms with van der Waals surface area (Å²) in [6.07, 6.45) is 2.00. The molecule has 8 heteroatoms. The van der Waals surface area contributed by atoms with Crippen molar-refractivity contribution in [2.45, 2.75) is 18.9 Å². The zero-order chi connectivity index (χ0) is 15.4. The van der Waals surface area contributed by atoms with E-state index >= 15 is 0 Å². The van der Waals surface area contributed by atoms with E-state index in [0.29, 0.717) is 5.02 Å². The molecule has 114 valence electrons. The van der Waals surface area contributed by atoms with Gasteiger partial charge in [0.05, 0.1) is 21.6 Å². The zero-order valence-electron chi connectivity index (χ0n) is 10.9. The largest absolute Gasteiger partial charge is 0.482 e. The standard InChI is InChI=1S/C13H13Cl3N2O3/c14-8-3-10(16)11(4-9(8)15)21-6-13(20)17-5-12(19)18-7-1-2-7/h3-4,7H,1-2,5-6H2,(H,17,20)(H,18,19). The molecule has 21 heavy (non-hydrogen) atoms. The molecular formula is C13H13Cl3N2O3. The van der Waals surface area contributed by atoms with Gasteiger partial charge in [-0.3, -0.25) is 9.59 Å². The van der Waals surface area contributed by atoms with Crippen molar-refractivity contribution in [1.29, 1.82) is 0 Å². The van der Waals surface area contributed by atoms with Crippen LogP contribution in [0.4, 0.5) is 0 Å². The molecule has 0 aliphatic heterocycles. The highest BCUT2D eigenvalue weighted by Crippen LogP contribution is 2.33. The molecule has 0 radical (unpaired) electrons. The monoisotopic (exact) mass is 350 g/mol. The lowest BCUT2D eigenvalue weighted by Gasteiger charge is -2.10. The number of carbonyl (C=O) groups is 2. The minimum absolute atomic E-state index is 0.0756.